The minimum atomic E-state index is -0.123. The lowest BCUT2D eigenvalue weighted by molar-refractivity contribution is 0.324. The summed E-state index contributed by atoms with van der Waals surface area (Å²) in [6.07, 6.45) is 5.77. The first kappa shape index (κ1) is 17.5. The highest BCUT2D eigenvalue weighted by Crippen LogP contribution is 2.46. The van der Waals surface area contributed by atoms with Crippen LogP contribution >= 0.6 is 0 Å². The molecule has 0 heterocycles. The monoisotopic (exact) mass is 342 g/mol. The molecule has 0 saturated heterocycles. The van der Waals surface area contributed by atoms with Gasteiger partial charge in [-0.15, -0.1) is 0 Å². The maximum atomic E-state index is 10.0. The number of aryl methyl sites for hydroxylation is 2. The maximum Gasteiger partial charge on any atom is 0.157 e. The van der Waals surface area contributed by atoms with Crippen molar-refractivity contribution in [3.8, 4) is 23.0 Å². The van der Waals surface area contributed by atoms with Gasteiger partial charge in [0.2, 0.25) is 0 Å². The second-order valence-electron chi connectivity index (χ2n) is 7.27. The summed E-state index contributed by atoms with van der Waals surface area (Å²) in [5, 5.41) is 39.7. The van der Waals surface area contributed by atoms with Crippen LogP contribution in [0.3, 0.4) is 0 Å². The number of phenolic OH excluding ortho intramolecular Hbond substituents is 4. The van der Waals surface area contributed by atoms with E-state index in [0.717, 1.165) is 35.1 Å². The van der Waals surface area contributed by atoms with Crippen LogP contribution in [-0.2, 0) is 0 Å². The second kappa shape index (κ2) is 6.87. The van der Waals surface area contributed by atoms with Gasteiger partial charge >= 0.3 is 0 Å². The van der Waals surface area contributed by atoms with Crippen molar-refractivity contribution in [2.24, 2.45) is 5.92 Å². The van der Waals surface area contributed by atoms with Crippen molar-refractivity contribution in [1.82, 2.24) is 0 Å². The summed E-state index contributed by atoms with van der Waals surface area (Å²) in [4.78, 5) is 0. The van der Waals surface area contributed by atoms with Gasteiger partial charge in [-0.3, -0.25) is 0 Å². The Morgan fingerprint density at radius 3 is 1.52 bits per heavy atom. The van der Waals surface area contributed by atoms with Gasteiger partial charge in [0.1, 0.15) is 0 Å². The van der Waals surface area contributed by atoms with E-state index in [-0.39, 0.29) is 28.9 Å². The Bertz CT molecular complexity index is 718. The molecule has 0 aromatic heterocycles. The number of hydrogen-bond donors (Lipinski definition) is 4. The minimum Gasteiger partial charge on any atom is -0.504 e. The zero-order valence-electron chi connectivity index (χ0n) is 14.8. The lowest BCUT2D eigenvalue weighted by Crippen LogP contribution is -2.19. The number of benzene rings is 2. The maximum absolute atomic E-state index is 10.0. The van der Waals surface area contributed by atoms with Gasteiger partial charge in [0.05, 0.1) is 0 Å². The lowest BCUT2D eigenvalue weighted by atomic mass is 9.71. The number of phenols is 4. The molecule has 0 aliphatic heterocycles. The van der Waals surface area contributed by atoms with Crippen LogP contribution in [0.15, 0.2) is 24.3 Å². The van der Waals surface area contributed by atoms with E-state index in [1.165, 1.54) is 19.3 Å². The zero-order valence-corrected chi connectivity index (χ0v) is 14.8. The fraction of sp³-hybridized carbons (Fsp3) is 0.429. The first-order valence-corrected chi connectivity index (χ1v) is 8.93. The van der Waals surface area contributed by atoms with Crippen LogP contribution in [0.5, 0.6) is 23.0 Å². The van der Waals surface area contributed by atoms with E-state index in [9.17, 15) is 20.4 Å². The molecular formula is C21H26O4. The molecule has 0 bridgehead atoms. The number of hydrogen-bond acceptors (Lipinski definition) is 4. The first-order chi connectivity index (χ1) is 11.9. The molecule has 1 aliphatic rings. The Kier molecular flexibility index (Phi) is 4.80. The SMILES string of the molecule is Cc1cc(O)c(O)cc1C(c1cc(O)c(O)cc1C)C1CCCCC1. The molecule has 1 saturated carbocycles. The van der Waals surface area contributed by atoms with Gasteiger partial charge in [0, 0.05) is 5.92 Å². The molecule has 0 spiro atoms. The average Bonchev–Trinajstić information content (AvgIpc) is 2.58. The first-order valence-electron chi connectivity index (χ1n) is 8.93. The van der Waals surface area contributed by atoms with E-state index < -0.39 is 0 Å². The Labute approximate surface area is 148 Å². The van der Waals surface area contributed by atoms with Crippen molar-refractivity contribution in [2.75, 3.05) is 0 Å². The molecule has 4 N–H and O–H groups in total. The Morgan fingerprint density at radius 1 is 0.680 bits per heavy atom. The third-order valence-electron chi connectivity index (χ3n) is 5.52. The second-order valence-corrected chi connectivity index (χ2v) is 7.27. The number of aromatic hydroxyl groups is 4. The average molecular weight is 342 g/mol. The molecule has 4 nitrogen and oxygen atoms in total. The molecule has 0 amide bonds. The van der Waals surface area contributed by atoms with Gasteiger partial charge in [0.15, 0.2) is 23.0 Å². The smallest absolute Gasteiger partial charge is 0.157 e. The van der Waals surface area contributed by atoms with Crippen molar-refractivity contribution in [2.45, 2.75) is 51.9 Å². The summed E-state index contributed by atoms with van der Waals surface area (Å²) in [5.74, 6) is -0.0655. The Balaban J connectivity index is 2.17. The standard InChI is InChI=1S/C21H26O4/c1-12-8-17(22)19(24)10-15(12)21(14-6-4-3-5-7-14)16-11-20(25)18(23)9-13(16)2/h8-11,14,21-25H,3-7H2,1-2H3. The van der Waals surface area contributed by atoms with Crippen LogP contribution in [-0.4, -0.2) is 20.4 Å². The van der Waals surface area contributed by atoms with Crippen LogP contribution in [0, 0.1) is 19.8 Å². The summed E-state index contributed by atoms with van der Waals surface area (Å²) >= 11 is 0. The van der Waals surface area contributed by atoms with E-state index in [4.69, 9.17) is 0 Å². The third-order valence-corrected chi connectivity index (χ3v) is 5.52. The third kappa shape index (κ3) is 3.39. The van der Waals surface area contributed by atoms with Crippen LogP contribution < -0.4 is 0 Å². The van der Waals surface area contributed by atoms with E-state index in [2.05, 4.69) is 0 Å². The highest BCUT2D eigenvalue weighted by atomic mass is 16.3. The van der Waals surface area contributed by atoms with E-state index in [1.54, 1.807) is 24.3 Å². The molecular weight excluding hydrogens is 316 g/mol. The Hall–Kier alpha value is -2.36. The molecule has 1 fully saturated rings. The largest absolute Gasteiger partial charge is 0.504 e. The highest BCUT2D eigenvalue weighted by molar-refractivity contribution is 5.53. The molecule has 0 unspecified atom stereocenters. The fourth-order valence-electron chi connectivity index (χ4n) is 4.21. The van der Waals surface area contributed by atoms with Crippen molar-refractivity contribution in [3.63, 3.8) is 0 Å². The predicted molar refractivity (Wildman–Crippen MR) is 97.4 cm³/mol. The minimum absolute atomic E-state index is 0.0123. The molecule has 0 radical (unpaired) electrons. The van der Waals surface area contributed by atoms with Gasteiger partial charge in [-0.25, -0.2) is 0 Å². The van der Waals surface area contributed by atoms with Crippen molar-refractivity contribution in [3.05, 3.63) is 46.5 Å². The van der Waals surface area contributed by atoms with Crippen molar-refractivity contribution < 1.29 is 20.4 Å². The van der Waals surface area contributed by atoms with E-state index >= 15 is 0 Å². The van der Waals surface area contributed by atoms with Crippen molar-refractivity contribution in [1.29, 1.82) is 0 Å². The van der Waals surface area contributed by atoms with Gasteiger partial charge in [-0.1, -0.05) is 19.3 Å². The van der Waals surface area contributed by atoms with Gasteiger partial charge in [0.25, 0.3) is 0 Å². The van der Waals surface area contributed by atoms with Crippen LogP contribution in [0.2, 0.25) is 0 Å². The molecule has 1 aliphatic carbocycles. The van der Waals surface area contributed by atoms with Crippen LogP contribution in [0.4, 0.5) is 0 Å². The quantitative estimate of drug-likeness (QED) is 0.602. The molecule has 25 heavy (non-hydrogen) atoms. The van der Waals surface area contributed by atoms with Crippen LogP contribution in [0.25, 0.3) is 0 Å². The van der Waals surface area contributed by atoms with Gasteiger partial charge in [-0.2, -0.15) is 0 Å². The van der Waals surface area contributed by atoms with Crippen LogP contribution in [0.1, 0.15) is 60.3 Å². The lowest BCUT2D eigenvalue weighted by Gasteiger charge is -2.33. The summed E-state index contributed by atoms with van der Waals surface area (Å²) in [5.41, 5.74) is 3.77. The zero-order chi connectivity index (χ0) is 18.1. The summed E-state index contributed by atoms with van der Waals surface area (Å²) < 4.78 is 0. The summed E-state index contributed by atoms with van der Waals surface area (Å²) in [6, 6.07) is 6.48. The molecule has 3 rings (SSSR count). The topological polar surface area (TPSA) is 80.9 Å². The van der Waals surface area contributed by atoms with E-state index in [1.807, 2.05) is 13.8 Å². The van der Waals surface area contributed by atoms with E-state index in [0.29, 0.717) is 5.92 Å². The highest BCUT2D eigenvalue weighted by Gasteiger charge is 2.30. The summed E-state index contributed by atoms with van der Waals surface area (Å²) in [7, 11) is 0. The molecule has 0 atom stereocenters. The molecule has 4 heteroatoms. The normalized spacial score (nSPS) is 15.6. The van der Waals surface area contributed by atoms with Gasteiger partial charge in [-0.05, 0) is 79.1 Å². The molecule has 2 aromatic rings. The number of rotatable bonds is 3. The predicted octanol–water partition coefficient (Wildman–Crippen LogP) is 4.84. The Morgan fingerprint density at radius 2 is 1.08 bits per heavy atom. The summed E-state index contributed by atoms with van der Waals surface area (Å²) in [6.45, 7) is 3.86. The fourth-order valence-corrected chi connectivity index (χ4v) is 4.21. The van der Waals surface area contributed by atoms with Gasteiger partial charge < -0.3 is 20.4 Å². The molecule has 134 valence electrons. The molecule has 2 aromatic carbocycles. The van der Waals surface area contributed by atoms with Crippen molar-refractivity contribution >= 4 is 0 Å².